The molecule has 5 N–H and O–H groups in total. The Morgan fingerprint density at radius 2 is 1.91 bits per heavy atom. The van der Waals surface area contributed by atoms with Crippen LogP contribution in [0, 0.1) is 22.7 Å². The molecule has 44 heavy (non-hydrogen) atoms. The summed E-state index contributed by atoms with van der Waals surface area (Å²) in [5.74, 6) is -1.07. The standard InChI is InChI=1S/C35H39FN2O6/c1-32-13-12-26(40)14-22(32)9-6-21-17-34(32,36)28(41)18-33(2)27(21)16-30-35(33,29(42)19-39)44-31(43-30)20-7-10-24(11-8-20)38-25-5-3-4-23(37)15-25/h3-5,7-8,10-15,21,27-28,30-31,38-39,41H,6,9,16-19,37H2,1-2H3/t21?,27-,28-,30+,31+,32-,33-,34-,35+/m0/s1. The average Bonchev–Trinajstić information content (AvgIpc) is 3.43. The lowest BCUT2D eigenvalue weighted by atomic mass is 9.60. The molecule has 1 unspecified atom stereocenters. The van der Waals surface area contributed by atoms with Gasteiger partial charge in [0.1, 0.15) is 12.3 Å². The topological polar surface area (TPSA) is 131 Å². The van der Waals surface area contributed by atoms with Crippen LogP contribution in [0.1, 0.15) is 57.8 Å². The number of anilines is 3. The summed E-state index contributed by atoms with van der Waals surface area (Å²) < 4.78 is 30.6. The first kappa shape index (κ1) is 29.3. The summed E-state index contributed by atoms with van der Waals surface area (Å²) >= 11 is 0. The molecule has 0 spiro atoms. The van der Waals surface area contributed by atoms with Crippen molar-refractivity contribution in [2.24, 2.45) is 22.7 Å². The van der Waals surface area contributed by atoms with Crippen molar-refractivity contribution >= 4 is 28.6 Å². The van der Waals surface area contributed by atoms with E-state index in [1.54, 1.807) is 13.0 Å². The van der Waals surface area contributed by atoms with Gasteiger partial charge in [-0.3, -0.25) is 9.59 Å². The van der Waals surface area contributed by atoms with Gasteiger partial charge in [-0.1, -0.05) is 36.8 Å². The number of aliphatic hydroxyl groups is 2. The van der Waals surface area contributed by atoms with Gasteiger partial charge in [0, 0.05) is 33.5 Å². The van der Waals surface area contributed by atoms with Crippen molar-refractivity contribution in [3.8, 4) is 0 Å². The SMILES string of the molecule is C[C@]12C=CC(=O)C=C1CCC1C[C@]2(F)[C@@H](O)C[C@@]2(C)[C@H]1C[C@H]1O[C@@H](c3ccc(Nc4cccc(N)c4)cc3)O[C@]12C(=O)CO. The number of allylic oxidation sites excluding steroid dienone is 4. The minimum atomic E-state index is -2.05. The number of hydrogen-bond donors (Lipinski definition) is 4. The second kappa shape index (κ2) is 10.1. The molecular weight excluding hydrogens is 563 g/mol. The second-order valence-corrected chi connectivity index (χ2v) is 13.7. The molecule has 9 atom stereocenters. The number of ketones is 2. The van der Waals surface area contributed by atoms with E-state index in [1.807, 2.05) is 55.5 Å². The van der Waals surface area contributed by atoms with Crippen LogP contribution in [0.2, 0.25) is 0 Å². The Bertz CT molecular complexity index is 1580. The lowest BCUT2D eigenvalue weighted by Crippen LogP contribution is -2.59. The molecule has 0 amide bonds. The van der Waals surface area contributed by atoms with Crippen molar-refractivity contribution < 1.29 is 33.7 Å². The molecule has 9 heteroatoms. The normalized spacial score (nSPS) is 40.7. The van der Waals surface area contributed by atoms with E-state index in [4.69, 9.17) is 15.2 Å². The van der Waals surface area contributed by atoms with E-state index in [-0.39, 0.29) is 30.5 Å². The number of carbonyl (C=O) groups excluding carboxylic acids is 2. The van der Waals surface area contributed by atoms with E-state index < -0.39 is 53.0 Å². The molecule has 4 aliphatic carbocycles. The Balaban J connectivity index is 1.21. The van der Waals surface area contributed by atoms with E-state index in [1.165, 1.54) is 12.2 Å². The summed E-state index contributed by atoms with van der Waals surface area (Å²) in [6.45, 7) is 2.91. The van der Waals surface area contributed by atoms with E-state index >= 15 is 4.39 Å². The van der Waals surface area contributed by atoms with Crippen molar-refractivity contribution in [1.29, 1.82) is 0 Å². The van der Waals surface area contributed by atoms with Crippen LogP contribution < -0.4 is 11.1 Å². The first-order chi connectivity index (χ1) is 20.9. The van der Waals surface area contributed by atoms with Gasteiger partial charge in [-0.05, 0) is 93.3 Å². The maximum atomic E-state index is 17.5. The van der Waals surface area contributed by atoms with Crippen LogP contribution in [-0.2, 0) is 19.1 Å². The van der Waals surface area contributed by atoms with Crippen LogP contribution >= 0.6 is 0 Å². The third kappa shape index (κ3) is 4.02. The number of nitrogens with one attached hydrogen (secondary N) is 1. The van der Waals surface area contributed by atoms with Crippen molar-refractivity contribution in [3.05, 3.63) is 77.9 Å². The molecule has 1 aliphatic heterocycles. The van der Waals surface area contributed by atoms with Gasteiger partial charge < -0.3 is 30.7 Å². The number of nitrogen functional groups attached to an aromatic ring is 1. The number of fused-ring (bicyclic) bond motifs is 8. The summed E-state index contributed by atoms with van der Waals surface area (Å²) in [5, 5.41) is 25.4. The minimum absolute atomic E-state index is 0.0449. The van der Waals surface area contributed by atoms with E-state index in [0.717, 1.165) is 11.4 Å². The van der Waals surface area contributed by atoms with Gasteiger partial charge in [0.25, 0.3) is 0 Å². The third-order valence-corrected chi connectivity index (χ3v) is 11.6. The Morgan fingerprint density at radius 1 is 1.14 bits per heavy atom. The number of ether oxygens (including phenoxy) is 2. The molecule has 1 heterocycles. The number of rotatable bonds is 5. The number of halogens is 1. The number of carbonyl (C=O) groups is 2. The quantitative estimate of drug-likeness (QED) is 0.348. The van der Waals surface area contributed by atoms with Crippen molar-refractivity contribution in [2.75, 3.05) is 17.7 Å². The van der Waals surface area contributed by atoms with Crippen LogP contribution in [0.3, 0.4) is 0 Å². The highest BCUT2D eigenvalue weighted by atomic mass is 19.1. The van der Waals surface area contributed by atoms with Crippen molar-refractivity contribution in [1.82, 2.24) is 0 Å². The van der Waals surface area contributed by atoms with E-state index in [0.29, 0.717) is 36.1 Å². The summed E-state index contributed by atoms with van der Waals surface area (Å²) in [4.78, 5) is 26.1. The summed E-state index contributed by atoms with van der Waals surface area (Å²) in [6, 6.07) is 14.9. The highest BCUT2D eigenvalue weighted by Gasteiger charge is 2.76. The highest BCUT2D eigenvalue weighted by molar-refractivity contribution is 6.01. The molecule has 4 fully saturated rings. The van der Waals surface area contributed by atoms with Crippen LogP contribution in [0.25, 0.3) is 0 Å². The van der Waals surface area contributed by atoms with Gasteiger partial charge in [-0.2, -0.15) is 0 Å². The van der Waals surface area contributed by atoms with Gasteiger partial charge in [0.2, 0.25) is 0 Å². The van der Waals surface area contributed by atoms with E-state index in [2.05, 4.69) is 5.32 Å². The summed E-state index contributed by atoms with van der Waals surface area (Å²) in [6.07, 6.45) is 3.18. The molecular formula is C35H39FN2O6. The molecule has 2 bridgehead atoms. The average molecular weight is 603 g/mol. The first-order valence-corrected chi connectivity index (χ1v) is 15.4. The lowest BCUT2D eigenvalue weighted by molar-refractivity contribution is -0.180. The van der Waals surface area contributed by atoms with Gasteiger partial charge in [0.05, 0.1) is 12.2 Å². The number of nitrogens with two attached hydrogens (primary N) is 1. The number of aliphatic hydroxyl groups excluding tert-OH is 2. The zero-order chi connectivity index (χ0) is 31.1. The van der Waals surface area contributed by atoms with Crippen LogP contribution in [0.4, 0.5) is 21.5 Å². The predicted molar refractivity (Wildman–Crippen MR) is 162 cm³/mol. The largest absolute Gasteiger partial charge is 0.399 e. The number of alkyl halides is 1. The van der Waals surface area contributed by atoms with Gasteiger partial charge in [-0.25, -0.2) is 4.39 Å². The maximum Gasteiger partial charge on any atom is 0.193 e. The zero-order valence-electron chi connectivity index (χ0n) is 25.0. The van der Waals surface area contributed by atoms with Gasteiger partial charge in [-0.15, -0.1) is 0 Å². The Morgan fingerprint density at radius 3 is 2.64 bits per heavy atom. The third-order valence-electron chi connectivity index (χ3n) is 11.6. The van der Waals surface area contributed by atoms with Crippen LogP contribution in [0.15, 0.2) is 72.3 Å². The molecule has 8 nitrogen and oxygen atoms in total. The smallest absolute Gasteiger partial charge is 0.193 e. The lowest BCUT2D eigenvalue weighted by Gasteiger charge is -2.48. The summed E-state index contributed by atoms with van der Waals surface area (Å²) in [5.41, 5.74) is 3.87. The minimum Gasteiger partial charge on any atom is -0.399 e. The molecule has 2 aromatic rings. The maximum absolute atomic E-state index is 17.5. The molecule has 0 radical (unpaired) electrons. The Labute approximate surface area is 256 Å². The molecule has 2 aromatic carbocycles. The second-order valence-electron chi connectivity index (χ2n) is 13.7. The number of benzene rings is 2. The molecule has 0 aromatic heterocycles. The molecule has 232 valence electrons. The zero-order valence-corrected chi connectivity index (χ0v) is 25.0. The highest BCUT2D eigenvalue weighted by Crippen LogP contribution is 2.69. The van der Waals surface area contributed by atoms with Crippen LogP contribution in [0.5, 0.6) is 0 Å². The number of Topliss-reactive ketones (excluding diaryl/α,β-unsaturated/α-hetero) is 1. The fraction of sp³-hybridized carbons (Fsp3) is 0.486. The Kier molecular flexibility index (Phi) is 6.72. The fourth-order valence-corrected chi connectivity index (χ4v) is 9.25. The predicted octanol–water partition coefficient (Wildman–Crippen LogP) is 5.10. The Hall–Kier alpha value is -3.37. The van der Waals surface area contributed by atoms with Crippen molar-refractivity contribution in [2.45, 2.75) is 75.7 Å². The van der Waals surface area contributed by atoms with Crippen molar-refractivity contribution in [3.63, 3.8) is 0 Å². The first-order valence-electron chi connectivity index (χ1n) is 15.4. The van der Waals surface area contributed by atoms with Gasteiger partial charge >= 0.3 is 0 Å². The van der Waals surface area contributed by atoms with Gasteiger partial charge in [0.15, 0.2) is 23.5 Å². The number of hydrogen-bond acceptors (Lipinski definition) is 8. The molecule has 1 saturated heterocycles. The molecule has 7 rings (SSSR count). The summed E-state index contributed by atoms with van der Waals surface area (Å²) in [7, 11) is 0. The monoisotopic (exact) mass is 602 g/mol. The van der Waals surface area contributed by atoms with E-state index in [9.17, 15) is 19.8 Å². The van der Waals surface area contributed by atoms with Crippen LogP contribution in [-0.4, -0.2) is 51.9 Å². The molecule has 3 saturated carbocycles. The molecule has 5 aliphatic rings. The fourth-order valence-electron chi connectivity index (χ4n) is 9.25.